The largest absolute Gasteiger partial charge is 0.481 e. The van der Waals surface area contributed by atoms with Crippen molar-refractivity contribution in [3.8, 4) is 0 Å². The third-order valence-electron chi connectivity index (χ3n) is 8.67. The van der Waals surface area contributed by atoms with Gasteiger partial charge >= 0.3 is 29.8 Å². The lowest BCUT2D eigenvalue weighted by atomic mass is 10.0. The first-order valence-corrected chi connectivity index (χ1v) is 17.6. The van der Waals surface area contributed by atoms with Gasteiger partial charge in [0.05, 0.1) is 5.39 Å². The lowest BCUT2D eigenvalue weighted by Crippen LogP contribution is -2.45. The Labute approximate surface area is 326 Å². The first kappa shape index (κ1) is 45.1. The zero-order valence-electron chi connectivity index (χ0n) is 30.6. The third kappa shape index (κ3) is 14.1. The number of nitrogen functional groups attached to an aromatic ring is 1. The summed E-state index contributed by atoms with van der Waals surface area (Å²) in [7, 11) is 0. The Kier molecular flexibility index (Phi) is 16.4. The number of anilines is 1. The number of amides is 4. The summed E-state index contributed by atoms with van der Waals surface area (Å²) in [6.45, 7) is 0. The molecule has 4 unspecified atom stereocenters. The van der Waals surface area contributed by atoms with E-state index in [9.17, 15) is 63.3 Å². The van der Waals surface area contributed by atoms with Crippen LogP contribution in [-0.4, -0.2) is 118 Å². The van der Waals surface area contributed by atoms with Gasteiger partial charge in [-0.1, -0.05) is 12.1 Å². The minimum atomic E-state index is -1.66. The molecule has 0 spiro atoms. The molecule has 0 radical (unpaired) electrons. The van der Waals surface area contributed by atoms with Crippen molar-refractivity contribution in [3.63, 3.8) is 0 Å². The Hall–Kier alpha value is -7.33. The number of aryl methyl sites for hydroxylation is 2. The number of nitrogens with one attached hydrogen (secondary N) is 6. The highest BCUT2D eigenvalue weighted by Gasteiger charge is 2.27. The second-order valence-corrected chi connectivity index (χ2v) is 13.0. The number of aromatic nitrogens is 3. The van der Waals surface area contributed by atoms with Crippen molar-refractivity contribution < 1.29 is 68.7 Å². The number of aliphatic carboxylic acids is 5. The molecule has 2 heterocycles. The maximum Gasteiger partial charge on any atom is 0.326 e. The fourth-order valence-electron chi connectivity index (χ4n) is 5.58. The number of nitrogens with zero attached hydrogens (tertiary/aromatic N) is 1. The molecule has 0 saturated carbocycles. The Morgan fingerprint density at radius 3 is 1.48 bits per heavy atom. The van der Waals surface area contributed by atoms with Crippen LogP contribution in [0.1, 0.15) is 72.9 Å². The quantitative estimate of drug-likeness (QED) is 0.0501. The highest BCUT2D eigenvalue weighted by Crippen LogP contribution is 2.16. The fraction of sp³-hybridized carbons (Fsp3) is 0.400. The number of aromatic amines is 2. The van der Waals surface area contributed by atoms with Crippen molar-refractivity contribution in [2.75, 3.05) is 5.73 Å². The SMILES string of the molecule is Nc1nc2[nH]cc(CCc3ccc(C(=O)NC(CCC(=O)NC(CCC(=O)NC(CCC(=O)NC(CCC(=O)O)C(=O)O)C(=O)O)C(=O)O)C(=O)O)cc3)c2c(=O)[nH]1. The number of carbonyl (C=O) groups excluding carboxylic acids is 4. The van der Waals surface area contributed by atoms with Gasteiger partial charge in [-0.05, 0) is 61.8 Å². The fourth-order valence-corrected chi connectivity index (χ4v) is 5.58. The van der Waals surface area contributed by atoms with Gasteiger partial charge in [0.1, 0.15) is 29.8 Å². The maximum atomic E-state index is 12.8. The van der Waals surface area contributed by atoms with Gasteiger partial charge in [0.2, 0.25) is 23.7 Å². The van der Waals surface area contributed by atoms with E-state index < -0.39 is 129 Å². The summed E-state index contributed by atoms with van der Waals surface area (Å²) in [6.07, 6.45) is -1.60. The van der Waals surface area contributed by atoms with Gasteiger partial charge in [0.25, 0.3) is 11.5 Å². The molecule has 23 nitrogen and oxygen atoms in total. The maximum absolute atomic E-state index is 12.8. The molecule has 0 bridgehead atoms. The van der Waals surface area contributed by atoms with Gasteiger partial charge in [-0.15, -0.1) is 0 Å². The van der Waals surface area contributed by atoms with Crippen molar-refractivity contribution in [1.82, 2.24) is 36.2 Å². The number of carboxylic acid groups (broad SMARTS) is 5. The van der Waals surface area contributed by atoms with E-state index in [1.165, 1.54) is 12.1 Å². The number of rotatable bonds is 24. The van der Waals surface area contributed by atoms with Crippen molar-refractivity contribution in [2.24, 2.45) is 0 Å². The number of hydrogen-bond acceptors (Lipinski definition) is 12. The molecule has 0 aliphatic carbocycles. The average Bonchev–Trinajstić information content (AvgIpc) is 3.56. The summed E-state index contributed by atoms with van der Waals surface area (Å²) in [4.78, 5) is 129. The second kappa shape index (κ2) is 21.1. The Balaban J connectivity index is 1.46. The molecular weight excluding hydrogens is 772 g/mol. The second-order valence-electron chi connectivity index (χ2n) is 13.0. The molecule has 0 saturated heterocycles. The van der Waals surface area contributed by atoms with Crippen molar-refractivity contribution >= 4 is 70.5 Å². The summed E-state index contributed by atoms with van der Waals surface area (Å²) in [6, 6.07) is -0.184. The van der Waals surface area contributed by atoms with Crippen LogP contribution in [0.25, 0.3) is 11.0 Å². The normalized spacial score (nSPS) is 13.0. The first-order chi connectivity index (χ1) is 27.3. The summed E-state index contributed by atoms with van der Waals surface area (Å²) in [5.74, 6) is -11.0. The van der Waals surface area contributed by atoms with Crippen LogP contribution in [0.5, 0.6) is 0 Å². The Bertz CT molecular complexity index is 2100. The number of hydrogen-bond donors (Lipinski definition) is 12. The topological polar surface area (TPSA) is 390 Å². The van der Waals surface area contributed by atoms with Crippen molar-refractivity contribution in [3.05, 3.63) is 57.5 Å². The first-order valence-electron chi connectivity index (χ1n) is 17.6. The summed E-state index contributed by atoms with van der Waals surface area (Å²) < 4.78 is 0. The molecule has 0 aliphatic rings. The molecule has 312 valence electrons. The van der Waals surface area contributed by atoms with Crippen LogP contribution in [0, 0.1) is 0 Å². The lowest BCUT2D eigenvalue weighted by Gasteiger charge is -2.18. The number of carbonyl (C=O) groups is 9. The molecule has 3 aromatic rings. The predicted octanol–water partition coefficient (Wildman–Crippen LogP) is -1.28. The smallest absolute Gasteiger partial charge is 0.326 e. The van der Waals surface area contributed by atoms with Crippen LogP contribution in [0.4, 0.5) is 5.95 Å². The predicted molar refractivity (Wildman–Crippen MR) is 197 cm³/mol. The van der Waals surface area contributed by atoms with Crippen molar-refractivity contribution in [1.29, 1.82) is 0 Å². The van der Waals surface area contributed by atoms with Gasteiger partial charge < -0.3 is 57.5 Å². The van der Waals surface area contributed by atoms with Crippen LogP contribution >= 0.6 is 0 Å². The van der Waals surface area contributed by atoms with Crippen LogP contribution < -0.4 is 32.6 Å². The van der Waals surface area contributed by atoms with Crippen molar-refractivity contribution in [2.45, 2.75) is 88.4 Å². The Morgan fingerprint density at radius 1 is 0.621 bits per heavy atom. The molecule has 2 aromatic heterocycles. The zero-order chi connectivity index (χ0) is 43.1. The highest BCUT2D eigenvalue weighted by molar-refractivity contribution is 5.97. The third-order valence-corrected chi connectivity index (χ3v) is 8.67. The van der Waals surface area contributed by atoms with Gasteiger partial charge in [-0.25, -0.2) is 19.2 Å². The summed E-state index contributed by atoms with van der Waals surface area (Å²) in [5, 5.41) is 55.6. The highest BCUT2D eigenvalue weighted by atomic mass is 16.4. The molecule has 1 aromatic carbocycles. The molecule has 23 heteroatoms. The van der Waals surface area contributed by atoms with Gasteiger partial charge in [0.15, 0.2) is 0 Å². The summed E-state index contributed by atoms with van der Waals surface area (Å²) >= 11 is 0. The van der Waals surface area contributed by atoms with Gasteiger partial charge in [-0.3, -0.25) is 33.8 Å². The number of nitrogens with two attached hydrogens (primary N) is 1. The Morgan fingerprint density at radius 2 is 1.05 bits per heavy atom. The number of fused-ring (bicyclic) bond motifs is 1. The molecular formula is C35H42N8O15. The standard InChI is InChI=1S/C35H42N8O15/c36-35-42-28-27(30(50)43-35)18(15-37-28)6-3-16-1-4-17(5-2-16)29(49)41-22(34(57)58)9-13-25(46)39-20(32(53)54)7-11-23(44)38-19(31(51)52)8-12-24(45)40-21(33(55)56)10-14-26(47)48/h1-2,4-5,15,19-22H,3,6-14H2,(H,38,44)(H,39,46)(H,40,45)(H,41,49)(H,47,48)(H,51,52)(H,53,54)(H,55,56)(H,57,58)(H4,36,37,42,43,50). The molecule has 0 fully saturated rings. The van der Waals surface area contributed by atoms with E-state index in [1.54, 1.807) is 18.3 Å². The molecule has 3 rings (SSSR count). The van der Waals surface area contributed by atoms with E-state index in [0.29, 0.717) is 29.4 Å². The van der Waals surface area contributed by atoms with Crippen LogP contribution in [0.2, 0.25) is 0 Å². The monoisotopic (exact) mass is 814 g/mol. The lowest BCUT2D eigenvalue weighted by molar-refractivity contribution is -0.144. The van der Waals surface area contributed by atoms with E-state index >= 15 is 0 Å². The van der Waals surface area contributed by atoms with Crippen LogP contribution in [0.3, 0.4) is 0 Å². The zero-order valence-corrected chi connectivity index (χ0v) is 30.6. The van der Waals surface area contributed by atoms with E-state index in [1.807, 2.05) is 0 Å². The summed E-state index contributed by atoms with van der Waals surface area (Å²) in [5.41, 5.74) is 7.14. The molecule has 13 N–H and O–H groups in total. The number of carboxylic acids is 5. The van der Waals surface area contributed by atoms with E-state index in [2.05, 4.69) is 36.2 Å². The van der Waals surface area contributed by atoms with Gasteiger partial charge in [-0.2, -0.15) is 4.98 Å². The average molecular weight is 815 g/mol. The van der Waals surface area contributed by atoms with E-state index in [0.717, 1.165) is 5.56 Å². The molecule has 4 atom stereocenters. The number of benzene rings is 1. The minimum Gasteiger partial charge on any atom is -0.481 e. The molecule has 4 amide bonds. The minimum absolute atomic E-state index is 0.0253. The van der Waals surface area contributed by atoms with Crippen LogP contribution in [-0.2, 0) is 51.2 Å². The van der Waals surface area contributed by atoms with Crippen LogP contribution in [0.15, 0.2) is 35.3 Å². The van der Waals surface area contributed by atoms with Gasteiger partial charge in [0, 0.05) is 37.4 Å². The van der Waals surface area contributed by atoms with E-state index in [4.69, 9.17) is 15.9 Å². The molecule has 58 heavy (non-hydrogen) atoms. The number of H-pyrrole nitrogens is 2. The molecule has 0 aliphatic heterocycles. The van der Waals surface area contributed by atoms with E-state index in [-0.39, 0.29) is 17.1 Å².